The van der Waals surface area contributed by atoms with Crippen LogP contribution in [-0.2, 0) is 22.3 Å². The average Bonchev–Trinajstić information content (AvgIpc) is 2.89. The summed E-state index contributed by atoms with van der Waals surface area (Å²) >= 11 is 0. The zero-order chi connectivity index (χ0) is 26.6. The van der Waals surface area contributed by atoms with Crippen LogP contribution in [0.15, 0.2) is 72.8 Å². The van der Waals surface area contributed by atoms with Crippen molar-refractivity contribution in [1.82, 2.24) is 4.90 Å². The van der Waals surface area contributed by atoms with Gasteiger partial charge in [-0.3, -0.25) is 9.59 Å². The summed E-state index contributed by atoms with van der Waals surface area (Å²) in [6, 6.07) is 18.3. The van der Waals surface area contributed by atoms with Crippen molar-refractivity contribution in [2.24, 2.45) is 0 Å². The number of hydrogen-bond donors (Lipinski definition) is 2. The smallest absolute Gasteiger partial charge is 0.386 e. The molecule has 1 aliphatic heterocycles. The summed E-state index contributed by atoms with van der Waals surface area (Å²) in [5.74, 6) is -0.756. The number of alkyl halides is 3. The SMILES string of the molecule is N#Cc1ccc(C(=O)Nc2ccc([C@@H](O)[C@H]3COCC(=O)N3Cc3ccc(C(F)(F)F)cc3)cc2)cc1. The van der Waals surface area contributed by atoms with Crippen LogP contribution < -0.4 is 5.32 Å². The van der Waals surface area contributed by atoms with Crippen LogP contribution in [-0.4, -0.2) is 41.1 Å². The van der Waals surface area contributed by atoms with Crippen molar-refractivity contribution in [3.05, 3.63) is 101 Å². The summed E-state index contributed by atoms with van der Waals surface area (Å²) in [6.07, 6.45) is -5.60. The van der Waals surface area contributed by atoms with E-state index in [0.29, 0.717) is 27.9 Å². The van der Waals surface area contributed by atoms with E-state index >= 15 is 0 Å². The van der Waals surface area contributed by atoms with Gasteiger partial charge in [0.1, 0.15) is 12.7 Å². The number of nitrogens with zero attached hydrogens (tertiary/aromatic N) is 2. The largest absolute Gasteiger partial charge is 0.416 e. The van der Waals surface area contributed by atoms with E-state index in [4.69, 9.17) is 10.00 Å². The second-order valence-electron chi connectivity index (χ2n) is 8.51. The number of aliphatic hydroxyl groups is 1. The number of benzene rings is 3. The molecule has 3 aromatic rings. The van der Waals surface area contributed by atoms with E-state index in [1.807, 2.05) is 6.07 Å². The van der Waals surface area contributed by atoms with Gasteiger partial charge in [0.05, 0.1) is 29.8 Å². The number of halogens is 3. The first-order valence-corrected chi connectivity index (χ1v) is 11.3. The average molecular weight is 509 g/mol. The van der Waals surface area contributed by atoms with Gasteiger partial charge < -0.3 is 20.1 Å². The van der Waals surface area contributed by atoms with Crippen molar-refractivity contribution >= 4 is 17.5 Å². The normalized spacial score (nSPS) is 16.7. The van der Waals surface area contributed by atoms with Gasteiger partial charge in [-0.2, -0.15) is 18.4 Å². The first-order valence-electron chi connectivity index (χ1n) is 11.3. The molecule has 1 aliphatic rings. The van der Waals surface area contributed by atoms with Crippen LogP contribution in [0.4, 0.5) is 18.9 Å². The van der Waals surface area contributed by atoms with Crippen LogP contribution in [0.5, 0.6) is 0 Å². The lowest BCUT2D eigenvalue weighted by atomic mass is 9.99. The molecule has 190 valence electrons. The molecule has 0 unspecified atom stereocenters. The fourth-order valence-electron chi connectivity index (χ4n) is 3.97. The summed E-state index contributed by atoms with van der Waals surface area (Å²) < 4.78 is 43.9. The minimum absolute atomic E-state index is 0.0147. The summed E-state index contributed by atoms with van der Waals surface area (Å²) in [5.41, 5.74) is 1.46. The van der Waals surface area contributed by atoms with Gasteiger partial charge in [-0.25, -0.2) is 0 Å². The Morgan fingerprint density at radius 3 is 2.32 bits per heavy atom. The standard InChI is InChI=1S/C27H22F3N3O4/c28-27(29,30)21-9-3-18(4-10-21)14-33-23(15-37-16-24(33)34)25(35)19-7-11-22(12-8-19)32-26(36)20-5-1-17(13-31)2-6-20/h1-12,23,25,35H,14-16H2,(H,32,36)/t23-,25-/m1/s1. The number of anilines is 1. The van der Waals surface area contributed by atoms with Crippen molar-refractivity contribution in [1.29, 1.82) is 5.26 Å². The molecule has 0 bridgehead atoms. The molecular weight excluding hydrogens is 487 g/mol. The van der Waals surface area contributed by atoms with Crippen LogP contribution in [0.3, 0.4) is 0 Å². The molecule has 0 aromatic heterocycles. The van der Waals surface area contributed by atoms with Crippen molar-refractivity contribution in [2.75, 3.05) is 18.5 Å². The quantitative estimate of drug-likeness (QED) is 0.516. The lowest BCUT2D eigenvalue weighted by molar-refractivity contribution is -0.155. The third kappa shape index (κ3) is 6.14. The number of carbonyl (C=O) groups is 2. The van der Waals surface area contributed by atoms with Crippen molar-refractivity contribution in [3.63, 3.8) is 0 Å². The number of rotatable bonds is 6. The lowest BCUT2D eigenvalue weighted by Gasteiger charge is -2.38. The highest BCUT2D eigenvalue weighted by molar-refractivity contribution is 6.04. The van der Waals surface area contributed by atoms with E-state index in [1.54, 1.807) is 36.4 Å². The van der Waals surface area contributed by atoms with Crippen LogP contribution in [0, 0.1) is 11.3 Å². The molecule has 0 spiro atoms. The van der Waals surface area contributed by atoms with E-state index in [0.717, 1.165) is 12.1 Å². The lowest BCUT2D eigenvalue weighted by Crippen LogP contribution is -2.51. The van der Waals surface area contributed by atoms with Gasteiger partial charge in [0.2, 0.25) is 5.91 Å². The molecule has 0 aliphatic carbocycles. The molecule has 2 atom stereocenters. The number of ether oxygens (including phenoxy) is 1. The first kappa shape index (κ1) is 25.9. The molecule has 0 saturated carbocycles. The van der Waals surface area contributed by atoms with Gasteiger partial charge in [-0.1, -0.05) is 24.3 Å². The second-order valence-corrected chi connectivity index (χ2v) is 8.51. The maximum absolute atomic E-state index is 12.9. The predicted octanol–water partition coefficient (Wildman–Crippen LogP) is 4.29. The third-order valence-corrected chi connectivity index (χ3v) is 6.02. The topological polar surface area (TPSA) is 103 Å². The molecule has 37 heavy (non-hydrogen) atoms. The third-order valence-electron chi connectivity index (χ3n) is 6.02. The highest BCUT2D eigenvalue weighted by Gasteiger charge is 2.35. The Bertz CT molecular complexity index is 1300. The molecule has 2 amide bonds. The van der Waals surface area contributed by atoms with Crippen LogP contribution in [0.2, 0.25) is 0 Å². The molecule has 7 nitrogen and oxygen atoms in total. The first-order chi connectivity index (χ1) is 17.7. The number of carbonyl (C=O) groups excluding carboxylic acids is 2. The molecule has 2 N–H and O–H groups in total. The zero-order valence-electron chi connectivity index (χ0n) is 19.4. The maximum atomic E-state index is 12.9. The molecule has 1 fully saturated rings. The molecule has 1 saturated heterocycles. The molecule has 1 heterocycles. The van der Waals surface area contributed by atoms with Crippen LogP contribution in [0.1, 0.15) is 38.7 Å². The fourth-order valence-corrected chi connectivity index (χ4v) is 3.97. The Morgan fingerprint density at radius 2 is 1.73 bits per heavy atom. The van der Waals surface area contributed by atoms with Gasteiger partial charge in [0.25, 0.3) is 5.91 Å². The van der Waals surface area contributed by atoms with Gasteiger partial charge in [0, 0.05) is 17.8 Å². The van der Waals surface area contributed by atoms with Crippen LogP contribution >= 0.6 is 0 Å². The number of amides is 2. The van der Waals surface area contributed by atoms with E-state index in [1.165, 1.54) is 29.2 Å². The monoisotopic (exact) mass is 509 g/mol. The highest BCUT2D eigenvalue weighted by Crippen LogP contribution is 2.30. The highest BCUT2D eigenvalue weighted by atomic mass is 19.4. The minimum atomic E-state index is -4.46. The number of nitriles is 1. The molecule has 4 rings (SSSR count). The van der Waals surface area contributed by atoms with Crippen molar-refractivity contribution in [2.45, 2.75) is 24.9 Å². The van der Waals surface area contributed by atoms with Crippen LogP contribution in [0.25, 0.3) is 0 Å². The van der Waals surface area contributed by atoms with E-state index < -0.39 is 23.9 Å². The maximum Gasteiger partial charge on any atom is 0.416 e. The Kier molecular flexibility index (Phi) is 7.57. The van der Waals surface area contributed by atoms with Gasteiger partial charge in [-0.05, 0) is 59.7 Å². The van der Waals surface area contributed by atoms with Gasteiger partial charge >= 0.3 is 6.18 Å². The zero-order valence-corrected chi connectivity index (χ0v) is 19.4. The number of morpholine rings is 1. The molecular formula is C27H22F3N3O4. The van der Waals surface area contributed by atoms with Crippen molar-refractivity contribution in [3.8, 4) is 6.07 Å². The summed E-state index contributed by atoms with van der Waals surface area (Å²) in [4.78, 5) is 26.4. The Morgan fingerprint density at radius 1 is 1.08 bits per heavy atom. The number of hydrogen-bond acceptors (Lipinski definition) is 5. The molecule has 10 heteroatoms. The fraction of sp³-hybridized carbons (Fsp3) is 0.222. The summed E-state index contributed by atoms with van der Waals surface area (Å²) in [7, 11) is 0. The van der Waals surface area contributed by atoms with E-state index in [2.05, 4.69) is 5.32 Å². The minimum Gasteiger partial charge on any atom is -0.386 e. The molecule has 0 radical (unpaired) electrons. The molecule has 3 aromatic carbocycles. The Labute approximate surface area is 210 Å². The predicted molar refractivity (Wildman–Crippen MR) is 127 cm³/mol. The van der Waals surface area contributed by atoms with E-state index in [9.17, 15) is 27.9 Å². The summed E-state index contributed by atoms with van der Waals surface area (Å²) in [5, 5.41) is 22.6. The number of aliphatic hydroxyl groups excluding tert-OH is 1. The van der Waals surface area contributed by atoms with Crippen molar-refractivity contribution < 1.29 is 32.6 Å². The van der Waals surface area contributed by atoms with Gasteiger partial charge in [-0.15, -0.1) is 0 Å². The second kappa shape index (κ2) is 10.8. The van der Waals surface area contributed by atoms with Gasteiger partial charge in [0.15, 0.2) is 0 Å². The van der Waals surface area contributed by atoms with E-state index in [-0.39, 0.29) is 31.6 Å². The summed E-state index contributed by atoms with van der Waals surface area (Å²) in [6.45, 7) is -0.129. The number of nitrogens with one attached hydrogen (secondary N) is 1. The Hall–Kier alpha value is -4.20. The Balaban J connectivity index is 1.45.